The molecular formula is C17H24N6. The predicted molar refractivity (Wildman–Crippen MR) is 91.2 cm³/mol. The number of anilines is 2. The van der Waals surface area contributed by atoms with Gasteiger partial charge in [0.15, 0.2) is 0 Å². The van der Waals surface area contributed by atoms with Crippen molar-refractivity contribution >= 4 is 17.4 Å². The van der Waals surface area contributed by atoms with Crippen LogP contribution in [0.15, 0.2) is 12.3 Å². The summed E-state index contributed by atoms with van der Waals surface area (Å²) < 4.78 is 2.20. The average molecular weight is 312 g/mol. The lowest BCUT2D eigenvalue weighted by atomic mass is 10.0. The maximum absolute atomic E-state index is 4.88. The molecule has 1 atom stereocenters. The lowest BCUT2D eigenvalue weighted by molar-refractivity contribution is 0.406. The van der Waals surface area contributed by atoms with Crippen molar-refractivity contribution in [3.8, 4) is 0 Å². The molecule has 0 radical (unpaired) electrons. The Morgan fingerprint density at radius 2 is 1.78 bits per heavy atom. The number of nitrogens with one attached hydrogen (secondary N) is 1. The van der Waals surface area contributed by atoms with E-state index >= 15 is 0 Å². The molecule has 2 aromatic heterocycles. The van der Waals surface area contributed by atoms with Gasteiger partial charge >= 0.3 is 0 Å². The minimum atomic E-state index is 0.391. The largest absolute Gasteiger partial charge is 0.357 e. The van der Waals surface area contributed by atoms with Gasteiger partial charge in [-0.3, -0.25) is 4.40 Å². The molecule has 1 N–H and O–H groups in total. The van der Waals surface area contributed by atoms with Crippen LogP contribution in [0.2, 0.25) is 0 Å². The first kappa shape index (κ1) is 13.6. The molecule has 3 aliphatic heterocycles. The third-order valence-corrected chi connectivity index (χ3v) is 5.45. The van der Waals surface area contributed by atoms with Gasteiger partial charge in [0.1, 0.15) is 11.6 Å². The van der Waals surface area contributed by atoms with Crippen molar-refractivity contribution in [2.45, 2.75) is 38.1 Å². The Morgan fingerprint density at radius 3 is 2.43 bits per heavy atom. The van der Waals surface area contributed by atoms with Gasteiger partial charge in [-0.2, -0.15) is 4.98 Å². The predicted octanol–water partition coefficient (Wildman–Crippen LogP) is 1.96. The molecule has 122 valence electrons. The van der Waals surface area contributed by atoms with Gasteiger partial charge in [0.05, 0.1) is 11.7 Å². The molecule has 0 aliphatic carbocycles. The molecule has 0 bridgehead atoms. The third-order valence-electron chi connectivity index (χ3n) is 5.45. The first-order valence-electron chi connectivity index (χ1n) is 9.02. The fraction of sp³-hybridized carbons (Fsp3) is 0.647. The number of hydrogen-bond donors (Lipinski definition) is 1. The molecule has 3 saturated heterocycles. The fourth-order valence-corrected chi connectivity index (χ4v) is 3.72. The molecule has 0 unspecified atom stereocenters. The minimum Gasteiger partial charge on any atom is -0.357 e. The molecule has 0 aromatic carbocycles. The number of imidazole rings is 1. The Bertz CT molecular complexity index is 709. The summed E-state index contributed by atoms with van der Waals surface area (Å²) in [6, 6.07) is 2.65. The Hall–Kier alpha value is -1.82. The van der Waals surface area contributed by atoms with Crippen molar-refractivity contribution in [3.63, 3.8) is 0 Å². The number of nitrogens with zero attached hydrogens (tertiary/aromatic N) is 5. The number of aromatic nitrogens is 3. The summed E-state index contributed by atoms with van der Waals surface area (Å²) in [5.74, 6) is 3.22. The first-order chi connectivity index (χ1) is 11.4. The molecule has 3 aliphatic rings. The van der Waals surface area contributed by atoms with Gasteiger partial charge < -0.3 is 15.1 Å². The number of fused-ring (bicyclic) bond motifs is 1. The minimum absolute atomic E-state index is 0.391. The molecule has 0 saturated carbocycles. The van der Waals surface area contributed by atoms with Gasteiger partial charge in [-0.15, -0.1) is 0 Å². The Labute approximate surface area is 136 Å². The molecule has 5 rings (SSSR count). The van der Waals surface area contributed by atoms with E-state index in [0.29, 0.717) is 6.04 Å². The summed E-state index contributed by atoms with van der Waals surface area (Å²) in [4.78, 5) is 14.5. The highest BCUT2D eigenvalue weighted by Gasteiger charge is 2.25. The van der Waals surface area contributed by atoms with Gasteiger partial charge in [0.25, 0.3) is 0 Å². The van der Waals surface area contributed by atoms with Crippen LogP contribution < -0.4 is 15.1 Å². The van der Waals surface area contributed by atoms with Crippen LogP contribution in [0.25, 0.3) is 5.78 Å². The van der Waals surface area contributed by atoms with E-state index in [1.54, 1.807) is 0 Å². The van der Waals surface area contributed by atoms with Gasteiger partial charge in [-0.05, 0) is 32.2 Å². The van der Waals surface area contributed by atoms with E-state index < -0.39 is 0 Å². The van der Waals surface area contributed by atoms with E-state index in [0.717, 1.165) is 50.0 Å². The highest BCUT2D eigenvalue weighted by Crippen LogP contribution is 2.30. The topological polar surface area (TPSA) is 48.7 Å². The van der Waals surface area contributed by atoms with E-state index in [1.807, 2.05) is 0 Å². The maximum Gasteiger partial charge on any atom is 0.237 e. The van der Waals surface area contributed by atoms with Gasteiger partial charge in [0.2, 0.25) is 5.78 Å². The van der Waals surface area contributed by atoms with Crippen LogP contribution in [-0.4, -0.2) is 47.1 Å². The molecule has 0 spiro atoms. The first-order valence-corrected chi connectivity index (χ1v) is 9.02. The second-order valence-corrected chi connectivity index (χ2v) is 6.99. The van der Waals surface area contributed by atoms with E-state index in [2.05, 4.69) is 31.8 Å². The average Bonchev–Trinajstić information content (AvgIpc) is 2.89. The zero-order valence-corrected chi connectivity index (χ0v) is 13.5. The molecule has 0 amide bonds. The summed E-state index contributed by atoms with van der Waals surface area (Å²) in [6.45, 7) is 5.65. The number of hydrogen-bond acceptors (Lipinski definition) is 5. The SMILES string of the molecule is c1c(N2CCC2)nc2nc([C@@H]3CCCCN3)cn2c1N1CCC1. The van der Waals surface area contributed by atoms with Gasteiger partial charge in [0, 0.05) is 38.4 Å². The van der Waals surface area contributed by atoms with E-state index in [9.17, 15) is 0 Å². The maximum atomic E-state index is 4.88. The second-order valence-electron chi connectivity index (χ2n) is 6.99. The lowest BCUT2D eigenvalue weighted by Gasteiger charge is -2.36. The van der Waals surface area contributed by atoms with Gasteiger partial charge in [-0.1, -0.05) is 6.42 Å². The normalized spacial score (nSPS) is 24.6. The molecule has 3 fully saturated rings. The van der Waals surface area contributed by atoms with Crippen LogP contribution in [-0.2, 0) is 0 Å². The zero-order chi connectivity index (χ0) is 15.2. The molecule has 5 heterocycles. The summed E-state index contributed by atoms with van der Waals surface area (Å²) in [5.41, 5.74) is 1.15. The van der Waals surface area contributed by atoms with Crippen molar-refractivity contribution in [2.75, 3.05) is 42.5 Å². The third kappa shape index (κ3) is 2.27. The smallest absolute Gasteiger partial charge is 0.237 e. The molecule has 6 heteroatoms. The Kier molecular flexibility index (Phi) is 3.18. The summed E-state index contributed by atoms with van der Waals surface area (Å²) >= 11 is 0. The van der Waals surface area contributed by atoms with Crippen molar-refractivity contribution in [3.05, 3.63) is 18.0 Å². The number of rotatable bonds is 3. The quantitative estimate of drug-likeness (QED) is 0.939. The van der Waals surface area contributed by atoms with Crippen molar-refractivity contribution in [1.82, 2.24) is 19.7 Å². The zero-order valence-electron chi connectivity index (χ0n) is 13.5. The monoisotopic (exact) mass is 312 g/mol. The number of piperidine rings is 1. The van der Waals surface area contributed by atoms with Crippen LogP contribution in [0.3, 0.4) is 0 Å². The van der Waals surface area contributed by atoms with Crippen LogP contribution in [0.1, 0.15) is 43.8 Å². The van der Waals surface area contributed by atoms with Crippen molar-refractivity contribution in [2.24, 2.45) is 0 Å². The van der Waals surface area contributed by atoms with Crippen molar-refractivity contribution in [1.29, 1.82) is 0 Å². The highest BCUT2D eigenvalue weighted by molar-refractivity contribution is 5.59. The lowest BCUT2D eigenvalue weighted by Crippen LogP contribution is -2.40. The van der Waals surface area contributed by atoms with Crippen LogP contribution in [0, 0.1) is 0 Å². The Balaban J connectivity index is 1.58. The van der Waals surface area contributed by atoms with Crippen molar-refractivity contribution < 1.29 is 0 Å². The summed E-state index contributed by atoms with van der Waals surface area (Å²) in [7, 11) is 0. The highest BCUT2D eigenvalue weighted by atomic mass is 15.3. The Morgan fingerprint density at radius 1 is 0.957 bits per heavy atom. The molecule has 23 heavy (non-hydrogen) atoms. The summed E-state index contributed by atoms with van der Waals surface area (Å²) in [5, 5.41) is 3.61. The van der Waals surface area contributed by atoms with Crippen LogP contribution in [0.4, 0.5) is 11.6 Å². The standard InChI is InChI=1S/C17H24N6/c1-2-6-18-13(5-1)14-12-23-16(22-9-4-10-22)11-15(20-17(23)19-14)21-7-3-8-21/h11-13,18H,1-10H2/t13-/m0/s1. The van der Waals surface area contributed by atoms with Gasteiger partial charge in [-0.25, -0.2) is 4.98 Å². The van der Waals surface area contributed by atoms with E-state index in [-0.39, 0.29) is 0 Å². The van der Waals surface area contributed by atoms with E-state index in [1.165, 1.54) is 37.9 Å². The van der Waals surface area contributed by atoms with Crippen LogP contribution in [0.5, 0.6) is 0 Å². The fourth-order valence-electron chi connectivity index (χ4n) is 3.72. The van der Waals surface area contributed by atoms with E-state index in [4.69, 9.17) is 9.97 Å². The molecular weight excluding hydrogens is 288 g/mol. The molecule has 6 nitrogen and oxygen atoms in total. The second kappa shape index (κ2) is 5.37. The van der Waals surface area contributed by atoms with Crippen LogP contribution >= 0.6 is 0 Å². The summed E-state index contributed by atoms with van der Waals surface area (Å²) in [6.07, 6.45) is 8.52. The molecule has 2 aromatic rings.